The largest absolute Gasteiger partial charge is 0.208 e. The molecule has 0 saturated heterocycles. The van der Waals surface area contributed by atoms with Crippen molar-refractivity contribution in [1.29, 1.82) is 0 Å². The molecule has 0 atom stereocenters. The van der Waals surface area contributed by atoms with E-state index in [9.17, 15) is 4.39 Å². The van der Waals surface area contributed by atoms with Crippen molar-refractivity contribution in [3.05, 3.63) is 29.4 Å². The van der Waals surface area contributed by atoms with Crippen LogP contribution >= 0.6 is 11.3 Å². The van der Waals surface area contributed by atoms with E-state index in [0.717, 1.165) is 10.1 Å². The molecule has 11 heavy (non-hydrogen) atoms. The zero-order valence-corrected chi connectivity index (χ0v) is 6.49. The van der Waals surface area contributed by atoms with Crippen LogP contribution in [0.1, 0.15) is 0 Å². The average molecular weight is 162 g/mol. The van der Waals surface area contributed by atoms with Crippen LogP contribution in [-0.2, 0) is 0 Å². The molecule has 52 valence electrons. The maximum Gasteiger partial charge on any atom is 0.118 e. The van der Waals surface area contributed by atoms with E-state index in [2.05, 4.69) is 0 Å². The minimum Gasteiger partial charge on any atom is -0.208 e. The van der Waals surface area contributed by atoms with Gasteiger partial charge < -0.3 is 0 Å². The van der Waals surface area contributed by atoms with E-state index < -0.39 is 0 Å². The van der Waals surface area contributed by atoms with Crippen molar-refractivity contribution in [1.82, 2.24) is 0 Å². The number of thiophene rings is 1. The molecular formula is C8H4BFS. The van der Waals surface area contributed by atoms with E-state index in [0.29, 0.717) is 0 Å². The molecule has 0 aliphatic heterocycles. The van der Waals surface area contributed by atoms with Crippen LogP contribution in [0.2, 0.25) is 0 Å². The number of hydrogen-bond donors (Lipinski definition) is 0. The summed E-state index contributed by atoms with van der Waals surface area (Å²) in [6, 6.07) is 4.97. The molecule has 0 saturated carbocycles. The van der Waals surface area contributed by atoms with E-state index in [1.807, 2.05) is 11.4 Å². The van der Waals surface area contributed by atoms with Gasteiger partial charge in [0, 0.05) is 4.70 Å². The molecule has 0 spiro atoms. The van der Waals surface area contributed by atoms with Crippen molar-refractivity contribution >= 4 is 34.7 Å². The maximum absolute atomic E-state index is 12.8. The van der Waals surface area contributed by atoms with Crippen molar-refractivity contribution in [2.24, 2.45) is 0 Å². The number of fused-ring (bicyclic) bond motifs is 1. The predicted molar refractivity (Wildman–Crippen MR) is 47.2 cm³/mol. The predicted octanol–water partition coefficient (Wildman–Crippen LogP) is 1.83. The Morgan fingerprint density at radius 2 is 2.09 bits per heavy atom. The third-order valence-electron chi connectivity index (χ3n) is 1.62. The van der Waals surface area contributed by atoms with E-state index in [1.54, 1.807) is 17.4 Å². The summed E-state index contributed by atoms with van der Waals surface area (Å²) in [6.45, 7) is 0. The molecule has 0 aliphatic carbocycles. The molecule has 0 N–H and O–H groups in total. The molecule has 1 aromatic heterocycles. The van der Waals surface area contributed by atoms with Gasteiger partial charge in [-0.1, -0.05) is 5.46 Å². The molecular weight excluding hydrogens is 158 g/mol. The van der Waals surface area contributed by atoms with Gasteiger partial charge >= 0.3 is 0 Å². The molecule has 1 heterocycles. The van der Waals surface area contributed by atoms with Crippen molar-refractivity contribution < 1.29 is 4.39 Å². The van der Waals surface area contributed by atoms with E-state index in [4.69, 9.17) is 7.85 Å². The zero-order valence-electron chi connectivity index (χ0n) is 5.67. The molecule has 2 radical (unpaired) electrons. The number of halogens is 1. The smallest absolute Gasteiger partial charge is 0.118 e. The van der Waals surface area contributed by atoms with Crippen LogP contribution in [0, 0.1) is 5.82 Å². The second-order valence-electron chi connectivity index (χ2n) is 2.29. The highest BCUT2D eigenvalue weighted by Gasteiger charge is 2.01. The molecule has 0 amide bonds. The van der Waals surface area contributed by atoms with Gasteiger partial charge in [-0.15, -0.1) is 11.3 Å². The highest BCUT2D eigenvalue weighted by molar-refractivity contribution is 7.17. The summed E-state index contributed by atoms with van der Waals surface area (Å²) in [7, 11) is 5.49. The number of hydrogen-bond acceptors (Lipinski definition) is 1. The summed E-state index contributed by atoms with van der Waals surface area (Å²) < 4.78 is 13.8. The Morgan fingerprint density at radius 1 is 1.27 bits per heavy atom. The van der Waals surface area contributed by atoms with E-state index in [-0.39, 0.29) is 11.3 Å². The first kappa shape index (κ1) is 6.86. The fraction of sp³-hybridized carbons (Fsp3) is 0. The normalized spacial score (nSPS) is 10.6. The van der Waals surface area contributed by atoms with Crippen molar-refractivity contribution in [2.75, 3.05) is 0 Å². The molecule has 0 nitrogen and oxygen atoms in total. The fourth-order valence-corrected chi connectivity index (χ4v) is 1.84. The van der Waals surface area contributed by atoms with Gasteiger partial charge in [-0.25, -0.2) is 4.39 Å². The molecule has 0 bridgehead atoms. The lowest BCUT2D eigenvalue weighted by atomic mass is 9.92. The highest BCUT2D eigenvalue weighted by atomic mass is 32.1. The quantitative estimate of drug-likeness (QED) is 0.518. The monoisotopic (exact) mass is 162 g/mol. The van der Waals surface area contributed by atoms with Crippen molar-refractivity contribution in [3.8, 4) is 0 Å². The second-order valence-corrected chi connectivity index (χ2v) is 3.24. The van der Waals surface area contributed by atoms with Crippen LogP contribution in [0.4, 0.5) is 4.39 Å². The van der Waals surface area contributed by atoms with Gasteiger partial charge in [0.2, 0.25) is 0 Å². The summed E-state index contributed by atoms with van der Waals surface area (Å²) in [5, 5.41) is 2.72. The van der Waals surface area contributed by atoms with Crippen molar-refractivity contribution in [2.45, 2.75) is 0 Å². The first-order valence-electron chi connectivity index (χ1n) is 3.20. The summed E-state index contributed by atoms with van der Waals surface area (Å²) in [4.78, 5) is 0. The highest BCUT2D eigenvalue weighted by Crippen LogP contribution is 2.18. The summed E-state index contributed by atoms with van der Waals surface area (Å²) in [6.07, 6.45) is 0. The zero-order chi connectivity index (χ0) is 7.84. The minimum atomic E-state index is -0.337. The maximum atomic E-state index is 12.8. The molecule has 0 unspecified atom stereocenters. The SMILES string of the molecule is [B]c1c(F)ccc2sccc12. The minimum absolute atomic E-state index is 0.253. The van der Waals surface area contributed by atoms with Crippen LogP contribution in [0.3, 0.4) is 0 Å². The lowest BCUT2D eigenvalue weighted by molar-refractivity contribution is 0.637. The third-order valence-corrected chi connectivity index (χ3v) is 2.51. The number of benzene rings is 1. The first-order valence-corrected chi connectivity index (χ1v) is 4.08. The van der Waals surface area contributed by atoms with E-state index in [1.165, 1.54) is 6.07 Å². The van der Waals surface area contributed by atoms with Gasteiger partial charge in [-0.2, -0.15) is 0 Å². The molecule has 2 rings (SSSR count). The first-order chi connectivity index (χ1) is 5.29. The Bertz CT molecular complexity index is 394. The summed E-state index contributed by atoms with van der Waals surface area (Å²) in [5.41, 5.74) is 0.253. The third kappa shape index (κ3) is 0.961. The fourth-order valence-electron chi connectivity index (χ4n) is 1.04. The summed E-state index contributed by atoms with van der Waals surface area (Å²) in [5.74, 6) is -0.337. The van der Waals surface area contributed by atoms with Gasteiger partial charge in [-0.3, -0.25) is 0 Å². The van der Waals surface area contributed by atoms with Gasteiger partial charge in [0.1, 0.15) is 13.7 Å². The Morgan fingerprint density at radius 3 is 2.91 bits per heavy atom. The van der Waals surface area contributed by atoms with Crippen LogP contribution in [0.15, 0.2) is 23.6 Å². The van der Waals surface area contributed by atoms with Gasteiger partial charge in [-0.05, 0) is 29.0 Å². The van der Waals surface area contributed by atoms with Crippen LogP contribution in [-0.4, -0.2) is 7.85 Å². The standard InChI is InChI=1S/C8H4BFS/c9-8-5-3-4-11-7(5)2-1-6(8)10/h1-4H. The molecule has 0 aliphatic rings. The van der Waals surface area contributed by atoms with Gasteiger partial charge in [0.05, 0.1) is 0 Å². The Hall–Kier alpha value is -0.825. The lowest BCUT2D eigenvalue weighted by Gasteiger charge is -1.96. The van der Waals surface area contributed by atoms with Crippen LogP contribution in [0.5, 0.6) is 0 Å². The van der Waals surface area contributed by atoms with Crippen LogP contribution < -0.4 is 5.46 Å². The topological polar surface area (TPSA) is 0 Å². The van der Waals surface area contributed by atoms with Gasteiger partial charge in [0.25, 0.3) is 0 Å². The Kier molecular flexibility index (Phi) is 1.46. The van der Waals surface area contributed by atoms with E-state index >= 15 is 0 Å². The second kappa shape index (κ2) is 2.34. The molecule has 3 heteroatoms. The number of rotatable bonds is 0. The Balaban J connectivity index is 2.93. The van der Waals surface area contributed by atoms with Crippen LogP contribution in [0.25, 0.3) is 10.1 Å². The molecule has 0 fully saturated rings. The molecule has 2 aromatic rings. The average Bonchev–Trinajstić information content (AvgIpc) is 2.45. The summed E-state index contributed by atoms with van der Waals surface area (Å²) >= 11 is 1.56. The Labute approximate surface area is 69.1 Å². The molecule has 1 aromatic carbocycles. The van der Waals surface area contributed by atoms with Crippen molar-refractivity contribution in [3.63, 3.8) is 0 Å². The lowest BCUT2D eigenvalue weighted by Crippen LogP contribution is -2.07. The van der Waals surface area contributed by atoms with Gasteiger partial charge in [0.15, 0.2) is 0 Å².